The van der Waals surface area contributed by atoms with Gasteiger partial charge in [-0.25, -0.2) is 0 Å². The number of carbonyl (C=O) groups is 1. The van der Waals surface area contributed by atoms with Crippen molar-refractivity contribution in [3.05, 3.63) is 47.5 Å². The van der Waals surface area contributed by atoms with E-state index in [4.69, 9.17) is 0 Å². The largest absolute Gasteiger partial charge is 0.409 e. The molecule has 1 aliphatic heterocycles. The van der Waals surface area contributed by atoms with Crippen molar-refractivity contribution in [2.45, 2.75) is 70.6 Å². The molecule has 3 nitrogen and oxygen atoms in total. The molecule has 0 bridgehead atoms. The maximum absolute atomic E-state index is 14.2. The van der Waals surface area contributed by atoms with Crippen LogP contribution in [0.1, 0.15) is 63.6 Å². The molecule has 152 valence electrons. The first-order valence-corrected chi connectivity index (χ1v) is 9.80. The van der Waals surface area contributed by atoms with Crippen LogP contribution in [-0.4, -0.2) is 22.6 Å². The van der Waals surface area contributed by atoms with E-state index in [-0.39, 0.29) is 17.9 Å². The van der Waals surface area contributed by atoms with Gasteiger partial charge in [-0.2, -0.15) is 18.2 Å². The highest BCUT2D eigenvalue weighted by molar-refractivity contribution is 5.86. The van der Waals surface area contributed by atoms with E-state index in [2.05, 4.69) is 12.3 Å². The molecule has 2 aromatic carbocycles. The summed E-state index contributed by atoms with van der Waals surface area (Å²) in [7, 11) is 0. The molecule has 3 rings (SSSR count). The maximum Gasteiger partial charge on any atom is 0.409 e. The summed E-state index contributed by atoms with van der Waals surface area (Å²) in [6, 6.07) is 8.97. The Kier molecular flexibility index (Phi) is 5.71. The lowest BCUT2D eigenvalue weighted by atomic mass is 9.92. The number of amides is 1. The van der Waals surface area contributed by atoms with Crippen molar-refractivity contribution in [2.24, 2.45) is 0 Å². The first-order valence-electron chi connectivity index (χ1n) is 9.80. The molecule has 2 aromatic rings. The molecule has 1 atom stereocenters. The summed E-state index contributed by atoms with van der Waals surface area (Å²) in [5.41, 5.74) is 2.62. The van der Waals surface area contributed by atoms with Crippen molar-refractivity contribution in [3.63, 3.8) is 0 Å². The molecule has 28 heavy (non-hydrogen) atoms. The van der Waals surface area contributed by atoms with Crippen LogP contribution in [-0.2, 0) is 11.2 Å². The highest BCUT2D eigenvalue weighted by Gasteiger charge is 2.53. The molecule has 1 fully saturated rings. The van der Waals surface area contributed by atoms with Gasteiger partial charge in [0.1, 0.15) is 0 Å². The standard InChI is InChI=1S/C22H27F3N2O/c1-4-5-6-9-15-12-17(13-16-10-7-8-11-18(15)16)20(22(23,24)25)27-21(2,3)14-19(28)26-27/h7-8,10-13,20H,4-6,9,14H2,1-3H3,(H,26,28). The Morgan fingerprint density at radius 3 is 2.50 bits per heavy atom. The first kappa shape index (κ1) is 20.6. The normalized spacial score (nSPS) is 18.4. The molecule has 1 N–H and O–H groups in total. The molecule has 0 aliphatic carbocycles. The molecule has 0 saturated carbocycles. The van der Waals surface area contributed by atoms with E-state index in [0.717, 1.165) is 47.0 Å². The SMILES string of the molecule is CCCCCc1cc(C(N2NC(=O)CC2(C)C)C(F)(F)F)cc2ccccc12. The number of aryl methyl sites for hydroxylation is 1. The summed E-state index contributed by atoms with van der Waals surface area (Å²) < 4.78 is 42.5. The number of rotatable bonds is 6. The van der Waals surface area contributed by atoms with Crippen LogP contribution < -0.4 is 5.43 Å². The number of nitrogens with zero attached hydrogens (tertiary/aromatic N) is 1. The third kappa shape index (κ3) is 4.17. The van der Waals surface area contributed by atoms with Gasteiger partial charge in [-0.15, -0.1) is 0 Å². The minimum absolute atomic E-state index is 0.0382. The van der Waals surface area contributed by atoms with Gasteiger partial charge in [-0.3, -0.25) is 10.2 Å². The molecule has 1 heterocycles. The number of halogens is 3. The van der Waals surface area contributed by atoms with E-state index in [0.29, 0.717) is 0 Å². The second-order valence-electron chi connectivity index (χ2n) is 8.20. The lowest BCUT2D eigenvalue weighted by molar-refractivity contribution is -0.203. The number of hydrazine groups is 1. The average Bonchev–Trinajstić information content (AvgIpc) is 2.86. The highest BCUT2D eigenvalue weighted by Crippen LogP contribution is 2.43. The molecular formula is C22H27F3N2O. The van der Waals surface area contributed by atoms with Crippen LogP contribution in [0.5, 0.6) is 0 Å². The molecule has 0 spiro atoms. The van der Waals surface area contributed by atoms with Gasteiger partial charge in [0.2, 0.25) is 5.91 Å². The summed E-state index contributed by atoms with van der Waals surface area (Å²) in [6.07, 6.45) is -0.711. The third-order valence-electron chi connectivity index (χ3n) is 5.39. The minimum atomic E-state index is -4.52. The number of alkyl halides is 3. The number of unbranched alkanes of at least 4 members (excludes halogenated alkanes) is 2. The summed E-state index contributed by atoms with van der Waals surface area (Å²) in [5.74, 6) is -0.386. The number of hydrogen-bond acceptors (Lipinski definition) is 2. The fourth-order valence-corrected chi connectivity index (χ4v) is 4.05. The molecule has 1 aliphatic rings. The quantitative estimate of drug-likeness (QED) is 0.641. The van der Waals surface area contributed by atoms with Crippen molar-refractivity contribution >= 4 is 16.7 Å². The van der Waals surface area contributed by atoms with E-state index in [1.54, 1.807) is 26.0 Å². The fraction of sp³-hybridized carbons (Fsp3) is 0.500. The average molecular weight is 392 g/mol. The van der Waals surface area contributed by atoms with Crippen molar-refractivity contribution in [1.82, 2.24) is 10.4 Å². The van der Waals surface area contributed by atoms with Crippen LogP contribution in [0.25, 0.3) is 10.8 Å². The molecule has 6 heteroatoms. The number of fused-ring (bicyclic) bond motifs is 1. The van der Waals surface area contributed by atoms with Gasteiger partial charge in [0, 0.05) is 12.0 Å². The van der Waals surface area contributed by atoms with Crippen LogP contribution in [0.3, 0.4) is 0 Å². The Balaban J connectivity index is 2.11. The van der Waals surface area contributed by atoms with E-state index in [1.807, 2.05) is 24.3 Å². The summed E-state index contributed by atoms with van der Waals surface area (Å²) >= 11 is 0. The van der Waals surface area contributed by atoms with E-state index in [9.17, 15) is 18.0 Å². The Hall–Kier alpha value is -2.08. The van der Waals surface area contributed by atoms with Crippen LogP contribution >= 0.6 is 0 Å². The summed E-state index contributed by atoms with van der Waals surface area (Å²) in [4.78, 5) is 11.9. The van der Waals surface area contributed by atoms with Gasteiger partial charge < -0.3 is 0 Å². The van der Waals surface area contributed by atoms with Gasteiger partial charge in [-0.05, 0) is 54.7 Å². The highest BCUT2D eigenvalue weighted by atomic mass is 19.4. The van der Waals surface area contributed by atoms with Crippen molar-refractivity contribution in [2.75, 3.05) is 0 Å². The molecule has 1 amide bonds. The zero-order chi connectivity index (χ0) is 20.5. The molecule has 0 aromatic heterocycles. The van der Waals surface area contributed by atoms with Gasteiger partial charge in [0.15, 0.2) is 6.04 Å². The maximum atomic E-state index is 14.2. The van der Waals surface area contributed by atoms with Crippen LogP contribution in [0.2, 0.25) is 0 Å². The number of carbonyl (C=O) groups excluding carboxylic acids is 1. The fourth-order valence-electron chi connectivity index (χ4n) is 4.05. The Labute approximate surface area is 163 Å². The second-order valence-corrected chi connectivity index (χ2v) is 8.20. The van der Waals surface area contributed by atoms with Gasteiger partial charge in [-0.1, -0.05) is 50.1 Å². The lowest BCUT2D eigenvalue weighted by Crippen LogP contribution is -2.51. The summed E-state index contributed by atoms with van der Waals surface area (Å²) in [6.45, 7) is 5.42. The van der Waals surface area contributed by atoms with Crippen molar-refractivity contribution in [3.8, 4) is 0 Å². The minimum Gasteiger partial charge on any atom is -0.287 e. The lowest BCUT2D eigenvalue weighted by Gasteiger charge is -2.38. The molecular weight excluding hydrogens is 365 g/mol. The molecule has 1 unspecified atom stereocenters. The Bertz CT molecular complexity index is 860. The molecule has 0 radical (unpaired) electrons. The Morgan fingerprint density at radius 2 is 1.89 bits per heavy atom. The first-order chi connectivity index (χ1) is 13.1. The van der Waals surface area contributed by atoms with Gasteiger partial charge in [0.05, 0.1) is 0 Å². The zero-order valence-electron chi connectivity index (χ0n) is 16.6. The second kappa shape index (κ2) is 7.74. The molecule has 1 saturated heterocycles. The monoisotopic (exact) mass is 392 g/mol. The predicted molar refractivity (Wildman–Crippen MR) is 105 cm³/mol. The predicted octanol–water partition coefficient (Wildman–Crippen LogP) is 5.69. The van der Waals surface area contributed by atoms with Gasteiger partial charge in [0.25, 0.3) is 0 Å². The number of nitrogens with one attached hydrogen (secondary N) is 1. The Morgan fingerprint density at radius 1 is 1.18 bits per heavy atom. The number of hydrogen-bond donors (Lipinski definition) is 1. The van der Waals surface area contributed by atoms with Crippen molar-refractivity contribution in [1.29, 1.82) is 0 Å². The van der Waals surface area contributed by atoms with Crippen LogP contribution in [0.4, 0.5) is 13.2 Å². The van der Waals surface area contributed by atoms with Crippen LogP contribution in [0, 0.1) is 0 Å². The van der Waals surface area contributed by atoms with Crippen molar-refractivity contribution < 1.29 is 18.0 Å². The van der Waals surface area contributed by atoms with E-state index >= 15 is 0 Å². The topological polar surface area (TPSA) is 32.3 Å². The third-order valence-corrected chi connectivity index (χ3v) is 5.39. The number of benzene rings is 2. The van der Waals surface area contributed by atoms with Crippen LogP contribution in [0.15, 0.2) is 36.4 Å². The zero-order valence-corrected chi connectivity index (χ0v) is 16.6. The van der Waals surface area contributed by atoms with Gasteiger partial charge >= 0.3 is 6.18 Å². The summed E-state index contributed by atoms with van der Waals surface area (Å²) in [5, 5.41) is 2.87. The van der Waals surface area contributed by atoms with E-state index in [1.165, 1.54) is 0 Å². The smallest absolute Gasteiger partial charge is 0.287 e. The van der Waals surface area contributed by atoms with E-state index < -0.39 is 17.8 Å².